The topological polar surface area (TPSA) is 141 Å². The van der Waals surface area contributed by atoms with Crippen LogP contribution in [0.5, 0.6) is 0 Å². The fourth-order valence-corrected chi connectivity index (χ4v) is 7.19. The summed E-state index contributed by atoms with van der Waals surface area (Å²) in [6.45, 7) is 5.76. The molecule has 3 fully saturated rings. The van der Waals surface area contributed by atoms with Crippen molar-refractivity contribution >= 4 is 30.1 Å². The number of nitrogens with one attached hydrogen (secondary N) is 2. The largest absolute Gasteiger partial charge is 0.395 e. The van der Waals surface area contributed by atoms with E-state index in [-0.39, 0.29) is 42.2 Å². The molecule has 0 spiro atoms. The van der Waals surface area contributed by atoms with Gasteiger partial charge in [-0.3, -0.25) is 4.79 Å². The number of amides is 1. The molecule has 0 aliphatic carbocycles. The van der Waals surface area contributed by atoms with Crippen LogP contribution in [0.25, 0.3) is 0 Å². The highest BCUT2D eigenvalue weighted by atomic mass is 35.5. The van der Waals surface area contributed by atoms with Gasteiger partial charge in [-0.25, -0.2) is 0 Å². The first-order valence-corrected chi connectivity index (χ1v) is 14.0. The summed E-state index contributed by atoms with van der Waals surface area (Å²) in [5, 5.41) is 47.6. The van der Waals surface area contributed by atoms with Crippen molar-refractivity contribution in [3.8, 4) is 0 Å². The molecule has 36 heavy (non-hydrogen) atoms. The molecule has 1 amide bonds. The third-order valence-corrected chi connectivity index (χ3v) is 9.15. The molecule has 208 valence electrons. The lowest BCUT2D eigenvalue weighted by Crippen LogP contribution is -2.64. The number of fused-ring (bicyclic) bond motifs is 3. The lowest BCUT2D eigenvalue weighted by molar-refractivity contribution is -0.205. The Kier molecular flexibility index (Phi) is 11.4. The lowest BCUT2D eigenvalue weighted by Gasteiger charge is -2.44. The number of rotatable bonds is 5. The molecular weight excluding hydrogens is 508 g/mol. The standard InChI is InChI=1S/C25H42N2O7S.ClH/c1-13(2)9-14-7-8-33-22-15(10-14)11-26-18(22)24(32)27-17-6-4-3-5-16(12-28)35-25-21(31)19(29)20(30)23(17)34-25;/h3-4,13-23,25-26,28-31H,5-12H2,1-2H3,(H,27,32);1H/b4-3-;/t14-,15-,16-,17+,18-,19-,20+,21+,22+,23+,25+;/m0./s1. The first kappa shape index (κ1) is 30.1. The van der Waals surface area contributed by atoms with Crippen LogP contribution in [0.2, 0.25) is 0 Å². The highest BCUT2D eigenvalue weighted by molar-refractivity contribution is 8.00. The molecule has 0 aromatic rings. The SMILES string of the molecule is CC(C)C[C@@H]1CCO[C@@H]2[C@H](CN[C@@H]2C(=O)N[C@@H]2C/C=C\C[C@@H](CO)S[C@H]3O[C@H]2[C@H](O)[C@H](O)[C@H]3O)C1.Cl. The summed E-state index contributed by atoms with van der Waals surface area (Å²) in [5.41, 5.74) is -0.821. The van der Waals surface area contributed by atoms with Gasteiger partial charge in [-0.1, -0.05) is 26.0 Å². The van der Waals surface area contributed by atoms with Crippen LogP contribution >= 0.6 is 24.2 Å². The van der Waals surface area contributed by atoms with E-state index in [0.29, 0.717) is 31.3 Å². The van der Waals surface area contributed by atoms with E-state index in [1.54, 1.807) is 0 Å². The normalized spacial score (nSPS) is 44.1. The highest BCUT2D eigenvalue weighted by Crippen LogP contribution is 2.36. The number of carbonyl (C=O) groups excluding carboxylic acids is 1. The minimum atomic E-state index is -1.41. The zero-order valence-corrected chi connectivity index (χ0v) is 22.7. The van der Waals surface area contributed by atoms with E-state index in [0.717, 1.165) is 19.4 Å². The summed E-state index contributed by atoms with van der Waals surface area (Å²) >= 11 is 1.24. The molecule has 4 rings (SSSR count). The van der Waals surface area contributed by atoms with Gasteiger partial charge in [0.2, 0.25) is 5.91 Å². The van der Waals surface area contributed by atoms with Crippen molar-refractivity contribution in [2.75, 3.05) is 19.8 Å². The first-order valence-electron chi connectivity index (χ1n) is 13.0. The monoisotopic (exact) mass is 550 g/mol. The number of carbonyl (C=O) groups is 1. The molecule has 0 saturated carbocycles. The summed E-state index contributed by atoms with van der Waals surface area (Å²) in [5.74, 6) is 1.32. The summed E-state index contributed by atoms with van der Waals surface area (Å²) in [4.78, 5) is 13.4. The van der Waals surface area contributed by atoms with Gasteiger partial charge in [0, 0.05) is 18.4 Å². The number of halogens is 1. The Bertz CT molecular complexity index is 747. The molecule has 3 saturated heterocycles. The zero-order valence-electron chi connectivity index (χ0n) is 21.1. The Balaban J connectivity index is 0.00000361. The molecular formula is C25H43ClN2O7S. The van der Waals surface area contributed by atoms with Gasteiger partial charge >= 0.3 is 0 Å². The second-order valence-corrected chi connectivity index (χ2v) is 12.3. The number of hydrogen-bond donors (Lipinski definition) is 6. The quantitative estimate of drug-likeness (QED) is 0.271. The van der Waals surface area contributed by atoms with Crippen LogP contribution in [-0.2, 0) is 14.3 Å². The van der Waals surface area contributed by atoms with E-state index in [1.165, 1.54) is 18.2 Å². The van der Waals surface area contributed by atoms with Crippen LogP contribution in [0.4, 0.5) is 0 Å². The van der Waals surface area contributed by atoms with Crippen molar-refractivity contribution in [2.24, 2.45) is 17.8 Å². The molecule has 0 radical (unpaired) electrons. The van der Waals surface area contributed by atoms with Crippen molar-refractivity contribution in [3.05, 3.63) is 12.2 Å². The molecule has 4 aliphatic heterocycles. The van der Waals surface area contributed by atoms with E-state index < -0.39 is 41.9 Å². The number of thioether (sulfide) groups is 1. The number of aliphatic hydroxyl groups excluding tert-OH is 4. The average Bonchev–Trinajstić information content (AvgIpc) is 3.11. The molecule has 0 unspecified atom stereocenters. The average molecular weight is 551 g/mol. The van der Waals surface area contributed by atoms with Gasteiger partial charge in [-0.05, 0) is 49.9 Å². The van der Waals surface area contributed by atoms with Crippen molar-refractivity contribution in [3.63, 3.8) is 0 Å². The molecule has 0 aromatic carbocycles. The van der Waals surface area contributed by atoms with E-state index in [4.69, 9.17) is 9.47 Å². The van der Waals surface area contributed by atoms with E-state index in [2.05, 4.69) is 24.5 Å². The molecule has 4 aliphatic rings. The Morgan fingerprint density at radius 2 is 1.89 bits per heavy atom. The predicted molar refractivity (Wildman–Crippen MR) is 140 cm³/mol. The third kappa shape index (κ3) is 6.95. The second kappa shape index (κ2) is 13.6. The molecule has 0 aromatic heterocycles. The Hall–Kier alpha value is -0.430. The van der Waals surface area contributed by atoms with Crippen LogP contribution in [0, 0.1) is 17.8 Å². The molecule has 11 heteroatoms. The Labute approximate surface area is 224 Å². The van der Waals surface area contributed by atoms with Gasteiger partial charge in [0.1, 0.15) is 35.9 Å². The minimum Gasteiger partial charge on any atom is -0.395 e. The first-order chi connectivity index (χ1) is 16.8. The van der Waals surface area contributed by atoms with Crippen LogP contribution in [0.1, 0.15) is 46.0 Å². The Morgan fingerprint density at radius 1 is 1.14 bits per heavy atom. The predicted octanol–water partition coefficient (Wildman–Crippen LogP) is 0.574. The van der Waals surface area contributed by atoms with Gasteiger partial charge in [0.05, 0.1) is 18.8 Å². The smallest absolute Gasteiger partial charge is 0.240 e. The van der Waals surface area contributed by atoms with Crippen LogP contribution in [-0.4, -0.2) is 99.4 Å². The van der Waals surface area contributed by atoms with Crippen molar-refractivity contribution in [2.45, 2.75) is 99.2 Å². The highest BCUT2D eigenvalue weighted by Gasteiger charge is 2.49. The molecule has 4 heterocycles. The summed E-state index contributed by atoms with van der Waals surface area (Å²) in [6, 6.07) is -1.08. The van der Waals surface area contributed by atoms with Gasteiger partial charge in [-0.2, -0.15) is 0 Å². The minimum absolute atomic E-state index is 0. The van der Waals surface area contributed by atoms with Gasteiger partial charge in [0.25, 0.3) is 0 Å². The van der Waals surface area contributed by atoms with E-state index in [1.807, 2.05) is 12.2 Å². The molecule has 11 atom stereocenters. The van der Waals surface area contributed by atoms with Crippen molar-refractivity contribution in [1.29, 1.82) is 0 Å². The molecule has 9 nitrogen and oxygen atoms in total. The number of allylic oxidation sites excluding steroid dienone is 1. The summed E-state index contributed by atoms with van der Waals surface area (Å²) in [6.07, 6.45) is 2.88. The number of aliphatic hydroxyl groups is 4. The Morgan fingerprint density at radius 3 is 2.61 bits per heavy atom. The molecule has 6 N–H and O–H groups in total. The maximum Gasteiger partial charge on any atom is 0.240 e. The maximum absolute atomic E-state index is 13.4. The molecule has 2 bridgehead atoms. The van der Waals surface area contributed by atoms with Crippen LogP contribution in [0.3, 0.4) is 0 Å². The lowest BCUT2D eigenvalue weighted by atomic mass is 9.85. The number of hydrogen-bond acceptors (Lipinski definition) is 9. The van der Waals surface area contributed by atoms with Gasteiger partial charge < -0.3 is 40.5 Å². The summed E-state index contributed by atoms with van der Waals surface area (Å²) < 4.78 is 12.2. The second-order valence-electron chi connectivity index (χ2n) is 10.9. The maximum atomic E-state index is 13.4. The zero-order chi connectivity index (χ0) is 25.1. The number of ether oxygens (including phenoxy) is 2. The van der Waals surface area contributed by atoms with Gasteiger partial charge in [0.15, 0.2) is 0 Å². The van der Waals surface area contributed by atoms with Gasteiger partial charge in [-0.15, -0.1) is 24.2 Å². The van der Waals surface area contributed by atoms with E-state index in [9.17, 15) is 25.2 Å². The van der Waals surface area contributed by atoms with Crippen molar-refractivity contribution in [1.82, 2.24) is 10.6 Å². The fourth-order valence-electron chi connectivity index (χ4n) is 5.99. The summed E-state index contributed by atoms with van der Waals surface area (Å²) in [7, 11) is 0. The van der Waals surface area contributed by atoms with E-state index >= 15 is 0 Å². The van der Waals surface area contributed by atoms with Crippen LogP contribution in [0.15, 0.2) is 12.2 Å². The van der Waals surface area contributed by atoms with Crippen LogP contribution < -0.4 is 10.6 Å². The fraction of sp³-hybridized carbons (Fsp3) is 0.880. The third-order valence-electron chi connectivity index (χ3n) is 7.77. The van der Waals surface area contributed by atoms with Crippen molar-refractivity contribution < 1.29 is 34.7 Å².